The summed E-state index contributed by atoms with van der Waals surface area (Å²) in [6.07, 6.45) is -0.805. The highest BCUT2D eigenvalue weighted by molar-refractivity contribution is 7.89. The molecule has 1 aromatic heterocycles. The van der Waals surface area contributed by atoms with Crippen LogP contribution in [0.4, 0.5) is 16.2 Å². The number of benzene rings is 2. The Bertz CT molecular complexity index is 1720. The summed E-state index contributed by atoms with van der Waals surface area (Å²) in [7, 11) is -1.10. The predicted octanol–water partition coefficient (Wildman–Crippen LogP) is 4.53. The van der Waals surface area contributed by atoms with Crippen LogP contribution >= 0.6 is 34.5 Å². The largest absolute Gasteiger partial charge is 0.488 e. The number of anilines is 2. The number of rotatable bonds is 9. The van der Waals surface area contributed by atoms with Crippen molar-refractivity contribution in [1.29, 1.82) is 0 Å². The highest BCUT2D eigenvalue weighted by Gasteiger charge is 2.34. The van der Waals surface area contributed by atoms with E-state index in [-0.39, 0.29) is 58.6 Å². The van der Waals surface area contributed by atoms with Crippen molar-refractivity contribution in [2.75, 3.05) is 44.4 Å². The van der Waals surface area contributed by atoms with Gasteiger partial charge in [0.1, 0.15) is 11.9 Å². The predicted molar refractivity (Wildman–Crippen MR) is 179 cm³/mol. The molecular weight excluding hydrogens is 677 g/mol. The molecule has 4 N–H and O–H groups in total. The third kappa shape index (κ3) is 8.30. The zero-order chi connectivity index (χ0) is 33.8. The molecule has 0 bridgehead atoms. The minimum absolute atomic E-state index is 0.0182. The number of ether oxygens (including phenoxy) is 1. The van der Waals surface area contributed by atoms with Crippen molar-refractivity contribution >= 4 is 73.8 Å². The van der Waals surface area contributed by atoms with Gasteiger partial charge in [-0.25, -0.2) is 13.2 Å². The molecule has 0 radical (unpaired) electrons. The first-order valence-electron chi connectivity index (χ1n) is 14.2. The minimum Gasteiger partial charge on any atom is -0.488 e. The normalized spacial score (nSPS) is 17.7. The zero-order valence-electron chi connectivity index (χ0n) is 25.5. The van der Waals surface area contributed by atoms with Gasteiger partial charge in [-0.1, -0.05) is 30.1 Å². The molecule has 0 fully saturated rings. The summed E-state index contributed by atoms with van der Waals surface area (Å²) in [4.78, 5) is 40.1. The lowest BCUT2D eigenvalue weighted by molar-refractivity contribution is -0.134. The van der Waals surface area contributed by atoms with Crippen LogP contribution in [0.5, 0.6) is 5.75 Å². The monoisotopic (exact) mass is 711 g/mol. The molecule has 3 aromatic rings. The molecule has 0 saturated heterocycles. The Morgan fingerprint density at radius 2 is 1.80 bits per heavy atom. The minimum atomic E-state index is -3.99. The Labute approximate surface area is 281 Å². The highest BCUT2D eigenvalue weighted by Crippen LogP contribution is 2.31. The van der Waals surface area contributed by atoms with Crippen molar-refractivity contribution in [2.45, 2.75) is 37.3 Å². The van der Waals surface area contributed by atoms with Gasteiger partial charge in [0.25, 0.3) is 5.91 Å². The average Bonchev–Trinajstić information content (AvgIpc) is 3.53. The van der Waals surface area contributed by atoms with E-state index in [0.717, 1.165) is 15.6 Å². The first-order chi connectivity index (χ1) is 21.7. The van der Waals surface area contributed by atoms with Crippen LogP contribution in [-0.4, -0.2) is 86.5 Å². The molecule has 46 heavy (non-hydrogen) atoms. The zero-order valence-corrected chi connectivity index (χ0v) is 28.7. The van der Waals surface area contributed by atoms with Crippen molar-refractivity contribution in [1.82, 2.24) is 14.5 Å². The average molecular weight is 713 g/mol. The van der Waals surface area contributed by atoms with Crippen LogP contribution in [0.2, 0.25) is 10.0 Å². The first kappa shape index (κ1) is 35.5. The molecule has 3 atom stereocenters. The Balaban J connectivity index is 1.60. The maximum atomic E-state index is 13.5. The van der Waals surface area contributed by atoms with Crippen LogP contribution in [0.25, 0.3) is 0 Å². The second-order valence-corrected chi connectivity index (χ2v) is 14.7. The standard InChI is InChI=1S/C30H35Cl2N5O7S2/c1-17-13-37(18(2)15-38)28(39)10-19-9-20(34-30(41)35-21-5-7-23(31)24(32)11-21)6-8-25(19)44-26(17)14-36(4)46(42,43)22-12-27(45-16-22)29(40)33-3/h5-9,11-12,16-18,26,38H,10,13-15H2,1-4H3,(H,33,40)(H2,34,35,41)/t17-,18-,26-/m0/s1. The molecule has 12 nitrogen and oxygen atoms in total. The smallest absolute Gasteiger partial charge is 0.323 e. The second-order valence-electron chi connectivity index (χ2n) is 10.9. The second kappa shape index (κ2) is 15.0. The van der Waals surface area contributed by atoms with E-state index in [2.05, 4.69) is 16.0 Å². The summed E-state index contributed by atoms with van der Waals surface area (Å²) in [5.74, 6) is -0.665. The molecule has 4 rings (SSSR count). The van der Waals surface area contributed by atoms with Gasteiger partial charge in [0.15, 0.2) is 0 Å². The number of carbonyl (C=O) groups excluding carboxylic acids is 3. The molecule has 2 heterocycles. The number of aliphatic hydroxyl groups is 1. The molecule has 0 spiro atoms. The summed E-state index contributed by atoms with van der Waals surface area (Å²) >= 11 is 13.0. The molecule has 16 heteroatoms. The summed E-state index contributed by atoms with van der Waals surface area (Å²) in [5, 5.41) is 19.8. The van der Waals surface area contributed by atoms with Crippen LogP contribution < -0.4 is 20.7 Å². The SMILES string of the molecule is CNC(=O)c1cc(S(=O)(=O)N(C)C[C@@H]2Oc3ccc(NC(=O)Nc4ccc(Cl)c(Cl)c4)cc3CC(=O)N([C@@H](C)CO)C[C@@H]2C)cs1. The fraction of sp³-hybridized carbons (Fsp3) is 0.367. The van der Waals surface area contributed by atoms with E-state index in [1.165, 1.54) is 31.6 Å². The van der Waals surface area contributed by atoms with Crippen molar-refractivity contribution in [3.63, 3.8) is 0 Å². The number of hydrogen-bond donors (Lipinski definition) is 4. The van der Waals surface area contributed by atoms with Crippen LogP contribution in [0.1, 0.15) is 29.1 Å². The molecule has 0 unspecified atom stereocenters. The van der Waals surface area contributed by atoms with E-state index in [0.29, 0.717) is 27.7 Å². The van der Waals surface area contributed by atoms with E-state index in [1.54, 1.807) is 42.2 Å². The van der Waals surface area contributed by atoms with E-state index >= 15 is 0 Å². The van der Waals surface area contributed by atoms with E-state index in [4.69, 9.17) is 27.9 Å². The number of urea groups is 1. The Morgan fingerprint density at radius 1 is 1.13 bits per heavy atom. The molecule has 2 aromatic carbocycles. The quantitative estimate of drug-likeness (QED) is 0.254. The number of thiophene rings is 1. The van der Waals surface area contributed by atoms with Gasteiger partial charge in [-0.2, -0.15) is 4.31 Å². The molecule has 1 aliphatic heterocycles. The van der Waals surface area contributed by atoms with Gasteiger partial charge in [-0.05, 0) is 49.4 Å². The summed E-state index contributed by atoms with van der Waals surface area (Å²) < 4.78 is 34.5. The maximum Gasteiger partial charge on any atom is 0.323 e. The highest BCUT2D eigenvalue weighted by atomic mass is 35.5. The number of nitrogens with zero attached hydrogens (tertiary/aromatic N) is 2. The third-order valence-electron chi connectivity index (χ3n) is 7.52. The van der Waals surface area contributed by atoms with Gasteiger partial charge in [0.05, 0.1) is 45.4 Å². The number of amides is 4. The molecule has 1 aliphatic rings. The lowest BCUT2D eigenvalue weighted by Crippen LogP contribution is -2.48. The van der Waals surface area contributed by atoms with E-state index < -0.39 is 28.2 Å². The molecule has 248 valence electrons. The molecule has 0 aliphatic carbocycles. The van der Waals surface area contributed by atoms with Gasteiger partial charge >= 0.3 is 6.03 Å². The van der Waals surface area contributed by atoms with E-state index in [1.807, 2.05) is 6.92 Å². The van der Waals surface area contributed by atoms with Crippen LogP contribution in [0.15, 0.2) is 52.7 Å². The fourth-order valence-corrected chi connectivity index (χ4v) is 7.51. The molecule has 0 saturated carbocycles. The van der Waals surface area contributed by atoms with Gasteiger partial charge < -0.3 is 30.7 Å². The lowest BCUT2D eigenvalue weighted by atomic mass is 10.0. The van der Waals surface area contributed by atoms with Gasteiger partial charge in [0, 0.05) is 48.9 Å². The number of aliphatic hydroxyl groups excluding tert-OH is 1. The van der Waals surface area contributed by atoms with Gasteiger partial charge in [0.2, 0.25) is 15.9 Å². The first-order valence-corrected chi connectivity index (χ1v) is 17.3. The van der Waals surface area contributed by atoms with Crippen LogP contribution in [-0.2, 0) is 21.2 Å². The Hall–Kier alpha value is -3.40. The number of halogens is 2. The lowest BCUT2D eigenvalue weighted by Gasteiger charge is -2.33. The third-order valence-corrected chi connectivity index (χ3v) is 11.1. The number of sulfonamides is 1. The number of hydrogen-bond acceptors (Lipinski definition) is 8. The molecular formula is C30H35Cl2N5O7S2. The number of fused-ring (bicyclic) bond motifs is 1. The van der Waals surface area contributed by atoms with Crippen LogP contribution in [0, 0.1) is 5.92 Å². The maximum absolute atomic E-state index is 13.5. The van der Waals surface area contributed by atoms with Gasteiger partial charge in [-0.3, -0.25) is 9.59 Å². The van der Waals surface area contributed by atoms with Crippen molar-refractivity contribution < 1.29 is 32.6 Å². The summed E-state index contributed by atoms with van der Waals surface area (Å²) in [5.41, 5.74) is 1.26. The topological polar surface area (TPSA) is 157 Å². The van der Waals surface area contributed by atoms with Gasteiger partial charge in [-0.15, -0.1) is 11.3 Å². The Kier molecular flexibility index (Phi) is 11.6. The number of nitrogens with one attached hydrogen (secondary N) is 3. The summed E-state index contributed by atoms with van der Waals surface area (Å²) in [6, 6.07) is 9.76. The van der Waals surface area contributed by atoms with Crippen molar-refractivity contribution in [3.05, 3.63) is 68.3 Å². The number of likely N-dealkylation sites (N-methyl/N-ethyl adjacent to an activating group) is 1. The van der Waals surface area contributed by atoms with E-state index in [9.17, 15) is 27.9 Å². The van der Waals surface area contributed by atoms with Crippen molar-refractivity contribution in [2.24, 2.45) is 5.92 Å². The van der Waals surface area contributed by atoms with Crippen molar-refractivity contribution in [3.8, 4) is 5.75 Å². The van der Waals surface area contributed by atoms with Crippen LogP contribution in [0.3, 0.4) is 0 Å². The Morgan fingerprint density at radius 3 is 2.46 bits per heavy atom. The summed E-state index contributed by atoms with van der Waals surface area (Å²) in [6.45, 7) is 3.42. The fourth-order valence-electron chi connectivity index (χ4n) is 4.82. The molecule has 4 amide bonds. The number of carbonyl (C=O) groups is 3.